The van der Waals surface area contributed by atoms with Crippen LogP contribution in [0.5, 0.6) is 0 Å². The Morgan fingerprint density at radius 3 is 2.14 bits per heavy atom. The first-order chi connectivity index (χ1) is 20.0. The van der Waals surface area contributed by atoms with Gasteiger partial charge in [-0.15, -0.1) is 0 Å². The normalized spacial score (nSPS) is 15.0. The average Bonchev–Trinajstić information content (AvgIpc) is 2.96. The third-order valence-corrected chi connectivity index (χ3v) is 7.15. The quantitative estimate of drug-likeness (QED) is 0.262. The van der Waals surface area contributed by atoms with Crippen molar-refractivity contribution in [2.75, 3.05) is 26.2 Å². The molecule has 0 aliphatic carbocycles. The second kappa shape index (κ2) is 15.9. The van der Waals surface area contributed by atoms with Crippen molar-refractivity contribution in [2.45, 2.75) is 57.3 Å². The lowest BCUT2D eigenvalue weighted by Crippen LogP contribution is -2.48. The predicted molar refractivity (Wildman–Crippen MR) is 147 cm³/mol. The van der Waals surface area contributed by atoms with E-state index in [4.69, 9.17) is 0 Å². The van der Waals surface area contributed by atoms with E-state index in [9.17, 15) is 37.5 Å². The van der Waals surface area contributed by atoms with Crippen LogP contribution in [0.1, 0.15) is 43.2 Å². The van der Waals surface area contributed by atoms with Crippen molar-refractivity contribution in [1.29, 1.82) is 0 Å². The van der Waals surface area contributed by atoms with Gasteiger partial charge in [0.05, 0.1) is 0 Å². The molecule has 1 aliphatic rings. The zero-order chi connectivity index (χ0) is 30.5. The number of hydrogen-bond acceptors (Lipinski definition) is 6. The number of nitrogens with zero attached hydrogens (tertiary/aromatic N) is 2. The van der Waals surface area contributed by atoms with Gasteiger partial charge >= 0.3 is 30.1 Å². The Kier molecular flexibility index (Phi) is 12.3. The molecule has 1 saturated heterocycles. The maximum absolute atomic E-state index is 13.1. The zero-order valence-corrected chi connectivity index (χ0v) is 23.2. The standard InChI is InChI=1S/C30H36F3N3O6/c31-30(32,33)28(40)42-26(37)13-12-25(27(38)39)34-29(41)36(21-24-10-5-2-6-11-24)17-7-16-35-18-14-23(15-19-35)20-22-8-3-1-4-9-22/h1-6,8-11,23,25H,7,12-21H2,(H,34,41)(H,38,39)/t25-/m0/s1. The third kappa shape index (κ3) is 11.2. The molecule has 0 saturated carbocycles. The van der Waals surface area contributed by atoms with Crippen molar-refractivity contribution in [1.82, 2.24) is 15.1 Å². The molecule has 2 N–H and O–H groups in total. The van der Waals surface area contributed by atoms with E-state index >= 15 is 0 Å². The van der Waals surface area contributed by atoms with Crippen LogP contribution in [0.3, 0.4) is 0 Å². The Bertz CT molecular complexity index is 1170. The topological polar surface area (TPSA) is 116 Å². The van der Waals surface area contributed by atoms with Gasteiger partial charge in [0.2, 0.25) is 0 Å². The second-order valence-corrected chi connectivity index (χ2v) is 10.4. The highest BCUT2D eigenvalue weighted by Gasteiger charge is 2.42. The van der Waals surface area contributed by atoms with Crippen molar-refractivity contribution in [3.63, 3.8) is 0 Å². The second-order valence-electron chi connectivity index (χ2n) is 10.4. The maximum atomic E-state index is 13.1. The minimum Gasteiger partial charge on any atom is -0.480 e. The predicted octanol–water partition coefficient (Wildman–Crippen LogP) is 4.41. The lowest BCUT2D eigenvalue weighted by molar-refractivity contribution is -0.201. The van der Waals surface area contributed by atoms with Gasteiger partial charge in [-0.1, -0.05) is 60.7 Å². The van der Waals surface area contributed by atoms with Crippen LogP contribution in [0.15, 0.2) is 60.7 Å². The number of aliphatic carboxylic acids is 1. The number of carboxylic acids is 1. The summed E-state index contributed by atoms with van der Waals surface area (Å²) in [6.45, 7) is 3.21. The van der Waals surface area contributed by atoms with Crippen LogP contribution >= 0.6 is 0 Å². The zero-order valence-electron chi connectivity index (χ0n) is 23.2. The van der Waals surface area contributed by atoms with Gasteiger partial charge in [0.15, 0.2) is 0 Å². The number of esters is 2. The molecule has 1 atom stereocenters. The van der Waals surface area contributed by atoms with Crippen LogP contribution in [0, 0.1) is 5.92 Å². The summed E-state index contributed by atoms with van der Waals surface area (Å²) in [4.78, 5) is 51.2. The molecule has 0 aromatic heterocycles. The molecule has 0 bridgehead atoms. The fourth-order valence-corrected chi connectivity index (χ4v) is 4.88. The van der Waals surface area contributed by atoms with Gasteiger partial charge in [-0.25, -0.2) is 14.4 Å². The lowest BCUT2D eigenvalue weighted by Gasteiger charge is -2.33. The Morgan fingerprint density at radius 2 is 1.57 bits per heavy atom. The van der Waals surface area contributed by atoms with Gasteiger partial charge in [-0.3, -0.25) is 4.79 Å². The van der Waals surface area contributed by atoms with Crippen molar-refractivity contribution < 1.29 is 42.2 Å². The van der Waals surface area contributed by atoms with Crippen molar-refractivity contribution in [3.8, 4) is 0 Å². The van der Waals surface area contributed by atoms with Crippen molar-refractivity contribution >= 4 is 23.9 Å². The molecule has 1 heterocycles. The van der Waals surface area contributed by atoms with Gasteiger partial charge in [-0.2, -0.15) is 13.2 Å². The number of piperidine rings is 1. The van der Waals surface area contributed by atoms with Crippen molar-refractivity contribution in [2.24, 2.45) is 5.92 Å². The molecule has 42 heavy (non-hydrogen) atoms. The van der Waals surface area contributed by atoms with Crippen LogP contribution in [0.4, 0.5) is 18.0 Å². The van der Waals surface area contributed by atoms with Crippen LogP contribution in [-0.4, -0.2) is 77.2 Å². The highest BCUT2D eigenvalue weighted by atomic mass is 19.4. The summed E-state index contributed by atoms with van der Waals surface area (Å²) in [7, 11) is 0. The number of benzene rings is 2. The minimum absolute atomic E-state index is 0.209. The van der Waals surface area contributed by atoms with E-state index in [0.717, 1.165) is 44.5 Å². The lowest BCUT2D eigenvalue weighted by atomic mass is 9.90. The van der Waals surface area contributed by atoms with Crippen LogP contribution in [-0.2, 0) is 32.1 Å². The van der Waals surface area contributed by atoms with E-state index < -0.39 is 49.0 Å². The fourth-order valence-electron chi connectivity index (χ4n) is 4.88. The molecule has 1 fully saturated rings. The Hall–Kier alpha value is -3.93. The van der Waals surface area contributed by atoms with E-state index in [2.05, 4.69) is 39.2 Å². The number of ether oxygens (including phenoxy) is 1. The smallest absolute Gasteiger partial charge is 0.480 e. The molecule has 2 amide bonds. The van der Waals surface area contributed by atoms with Gasteiger partial charge in [-0.05, 0) is 68.8 Å². The fraction of sp³-hybridized carbons (Fsp3) is 0.467. The first-order valence-electron chi connectivity index (χ1n) is 13.9. The number of hydrogen-bond donors (Lipinski definition) is 2. The first-order valence-corrected chi connectivity index (χ1v) is 13.9. The molecule has 2 aromatic carbocycles. The molecular formula is C30H36F3N3O6. The average molecular weight is 592 g/mol. The molecule has 0 radical (unpaired) electrons. The van der Waals surface area contributed by atoms with Gasteiger partial charge in [0.1, 0.15) is 6.04 Å². The van der Waals surface area contributed by atoms with Crippen LogP contribution in [0.25, 0.3) is 0 Å². The molecule has 3 rings (SSSR count). The molecule has 0 unspecified atom stereocenters. The number of alkyl halides is 3. The summed E-state index contributed by atoms with van der Waals surface area (Å²) in [5, 5.41) is 11.9. The minimum atomic E-state index is -5.36. The summed E-state index contributed by atoms with van der Waals surface area (Å²) in [6.07, 6.45) is -2.85. The largest absolute Gasteiger partial charge is 0.491 e. The van der Waals surface area contributed by atoms with E-state index in [-0.39, 0.29) is 6.54 Å². The van der Waals surface area contributed by atoms with E-state index in [1.54, 1.807) is 0 Å². The van der Waals surface area contributed by atoms with E-state index in [0.29, 0.717) is 18.9 Å². The Balaban J connectivity index is 1.51. The van der Waals surface area contributed by atoms with Gasteiger partial charge in [0.25, 0.3) is 0 Å². The molecule has 228 valence electrons. The molecular weight excluding hydrogens is 555 g/mol. The van der Waals surface area contributed by atoms with Gasteiger partial charge < -0.3 is 25.0 Å². The summed E-state index contributed by atoms with van der Waals surface area (Å²) in [6, 6.07) is 17.3. The Labute approximate surface area is 242 Å². The molecule has 2 aromatic rings. The molecule has 9 nitrogen and oxygen atoms in total. The van der Waals surface area contributed by atoms with Crippen LogP contribution in [0.2, 0.25) is 0 Å². The van der Waals surface area contributed by atoms with Crippen molar-refractivity contribution in [3.05, 3.63) is 71.8 Å². The molecule has 1 aliphatic heterocycles. The summed E-state index contributed by atoms with van der Waals surface area (Å²) < 4.78 is 40.6. The number of halogens is 3. The maximum Gasteiger partial charge on any atom is 0.491 e. The number of amides is 2. The summed E-state index contributed by atoms with van der Waals surface area (Å²) >= 11 is 0. The SMILES string of the molecule is O=C(CC[C@H](NC(=O)N(CCCN1CCC(Cc2ccccc2)CC1)Cc1ccccc1)C(=O)O)OC(=O)C(F)(F)F. The number of carboxylic acid groups (broad SMARTS) is 1. The number of urea groups is 1. The number of carbonyl (C=O) groups excluding carboxylic acids is 3. The highest BCUT2D eigenvalue weighted by Crippen LogP contribution is 2.22. The summed E-state index contributed by atoms with van der Waals surface area (Å²) in [5.41, 5.74) is 2.17. The number of likely N-dealkylation sites (tertiary alicyclic amines) is 1. The van der Waals surface area contributed by atoms with E-state index in [1.165, 1.54) is 10.5 Å². The number of nitrogens with one attached hydrogen (secondary N) is 1. The first kappa shape index (κ1) is 32.6. The van der Waals surface area contributed by atoms with Crippen LogP contribution < -0.4 is 5.32 Å². The Morgan fingerprint density at radius 1 is 0.976 bits per heavy atom. The molecule has 12 heteroatoms. The van der Waals surface area contributed by atoms with Gasteiger partial charge in [0, 0.05) is 19.5 Å². The highest BCUT2D eigenvalue weighted by molar-refractivity contribution is 5.89. The number of carbonyl (C=O) groups is 4. The van der Waals surface area contributed by atoms with E-state index in [1.807, 2.05) is 36.4 Å². The monoisotopic (exact) mass is 591 g/mol. The number of rotatable bonds is 13. The molecule has 0 spiro atoms. The summed E-state index contributed by atoms with van der Waals surface area (Å²) in [5.74, 6) is -5.07. The third-order valence-electron chi connectivity index (χ3n) is 7.15.